The summed E-state index contributed by atoms with van der Waals surface area (Å²) in [5.74, 6) is 6.54. The average Bonchev–Trinajstić information content (AvgIpc) is 2.88. The number of rotatable bonds is 7. The zero-order valence-corrected chi connectivity index (χ0v) is 22.4. The molecule has 0 unspecified atom stereocenters. The highest BCUT2D eigenvalue weighted by Crippen LogP contribution is 2.27. The quantitative estimate of drug-likeness (QED) is 0.569. The molecule has 0 fully saturated rings. The number of hydrogen-bond donors (Lipinski definition) is 1. The van der Waals surface area contributed by atoms with E-state index in [0.717, 1.165) is 0 Å². The zero-order chi connectivity index (χ0) is 27.1. The topological polar surface area (TPSA) is 95.4 Å². The first-order valence-corrected chi connectivity index (χ1v) is 12.3. The van der Waals surface area contributed by atoms with Crippen LogP contribution in [0.3, 0.4) is 0 Å². The maximum Gasteiger partial charge on any atom is 0.259 e. The Morgan fingerprint density at radius 2 is 2.03 bits per heavy atom. The van der Waals surface area contributed by atoms with Crippen LogP contribution in [-0.4, -0.2) is 103 Å². The molecule has 1 N–H and O–H groups in total. The molecule has 3 rings (SSSR count). The number of aliphatic hydroxyl groups is 1. The van der Waals surface area contributed by atoms with Crippen molar-refractivity contribution in [3.63, 3.8) is 0 Å². The van der Waals surface area contributed by atoms with Gasteiger partial charge in [0.15, 0.2) is 0 Å². The maximum atomic E-state index is 13.6. The summed E-state index contributed by atoms with van der Waals surface area (Å²) in [6, 6.07) is 8.68. The van der Waals surface area contributed by atoms with Gasteiger partial charge in [0.1, 0.15) is 17.4 Å². The van der Waals surface area contributed by atoms with Gasteiger partial charge in [-0.3, -0.25) is 9.59 Å². The number of methoxy groups -OCH3 is 1. The lowest BCUT2D eigenvalue weighted by atomic mass is 10.00. The molecule has 37 heavy (non-hydrogen) atoms. The van der Waals surface area contributed by atoms with E-state index in [1.54, 1.807) is 43.1 Å². The van der Waals surface area contributed by atoms with Gasteiger partial charge in [-0.2, -0.15) is 0 Å². The van der Waals surface area contributed by atoms with Gasteiger partial charge in [0.05, 0.1) is 38.4 Å². The highest BCUT2D eigenvalue weighted by Gasteiger charge is 2.34. The zero-order valence-electron chi connectivity index (χ0n) is 22.4. The molecule has 0 saturated heterocycles. The van der Waals surface area contributed by atoms with Crippen molar-refractivity contribution in [2.45, 2.75) is 26.0 Å². The summed E-state index contributed by atoms with van der Waals surface area (Å²) >= 11 is 0. The first kappa shape index (κ1) is 28.0. The first-order chi connectivity index (χ1) is 17.6. The van der Waals surface area contributed by atoms with E-state index in [9.17, 15) is 14.7 Å². The fraction of sp³-hybridized carbons (Fsp3) is 0.464. The summed E-state index contributed by atoms with van der Waals surface area (Å²) in [5, 5.41) is 9.85. The molecule has 1 aliphatic rings. The van der Waals surface area contributed by atoms with Gasteiger partial charge in [-0.1, -0.05) is 30.9 Å². The van der Waals surface area contributed by atoms with E-state index in [0.29, 0.717) is 30.0 Å². The van der Waals surface area contributed by atoms with Crippen molar-refractivity contribution in [3.8, 4) is 23.5 Å². The van der Waals surface area contributed by atoms with Crippen molar-refractivity contribution < 1.29 is 24.2 Å². The van der Waals surface area contributed by atoms with Crippen molar-refractivity contribution in [2.24, 2.45) is 5.92 Å². The smallest absolute Gasteiger partial charge is 0.259 e. The van der Waals surface area contributed by atoms with Crippen LogP contribution in [0.5, 0.6) is 11.6 Å². The highest BCUT2D eigenvalue weighted by atomic mass is 16.5. The minimum atomic E-state index is -0.408. The predicted molar refractivity (Wildman–Crippen MR) is 141 cm³/mol. The third kappa shape index (κ3) is 7.00. The Hall–Kier alpha value is -3.61. The molecule has 1 aromatic heterocycles. The number of para-hydroxylation sites is 1. The SMILES string of the molecule is COc1ccccc1C#Cc1cnc2c(c1)C(=O)N([C@@H](C)CO)C[C@@H](C)[C@@H](CN(C)C(=O)CN(C)C)O2. The number of benzene rings is 1. The summed E-state index contributed by atoms with van der Waals surface area (Å²) in [5.41, 5.74) is 1.53. The molecule has 0 radical (unpaired) electrons. The Kier molecular flexibility index (Phi) is 9.50. The lowest BCUT2D eigenvalue weighted by Crippen LogP contribution is -2.51. The number of pyridine rings is 1. The lowest BCUT2D eigenvalue weighted by Gasteiger charge is -2.37. The van der Waals surface area contributed by atoms with Gasteiger partial charge in [0, 0.05) is 31.3 Å². The number of carbonyl (C=O) groups excluding carboxylic acids is 2. The Morgan fingerprint density at radius 1 is 1.30 bits per heavy atom. The van der Waals surface area contributed by atoms with Crippen molar-refractivity contribution in [2.75, 3.05) is 54.5 Å². The first-order valence-electron chi connectivity index (χ1n) is 12.3. The number of hydrogen-bond acceptors (Lipinski definition) is 7. The molecule has 2 heterocycles. The summed E-state index contributed by atoms with van der Waals surface area (Å²) in [7, 11) is 7.01. The molecule has 198 valence electrons. The van der Waals surface area contributed by atoms with Gasteiger partial charge < -0.3 is 29.3 Å². The van der Waals surface area contributed by atoms with Crippen molar-refractivity contribution >= 4 is 11.8 Å². The van der Waals surface area contributed by atoms with Crippen LogP contribution in [0.15, 0.2) is 36.5 Å². The van der Waals surface area contributed by atoms with E-state index in [-0.39, 0.29) is 42.3 Å². The van der Waals surface area contributed by atoms with Gasteiger partial charge in [-0.05, 0) is 39.2 Å². The number of fused-ring (bicyclic) bond motifs is 1. The summed E-state index contributed by atoms with van der Waals surface area (Å²) < 4.78 is 11.6. The second-order valence-electron chi connectivity index (χ2n) is 9.66. The number of aromatic nitrogens is 1. The van der Waals surface area contributed by atoms with Crippen molar-refractivity contribution in [3.05, 3.63) is 53.2 Å². The molecule has 0 spiro atoms. The van der Waals surface area contributed by atoms with Crippen molar-refractivity contribution in [1.29, 1.82) is 0 Å². The van der Waals surface area contributed by atoms with Crippen LogP contribution in [-0.2, 0) is 4.79 Å². The van der Waals surface area contributed by atoms with E-state index in [2.05, 4.69) is 16.8 Å². The normalized spacial score (nSPS) is 18.1. The van der Waals surface area contributed by atoms with E-state index in [1.165, 1.54) is 0 Å². The van der Waals surface area contributed by atoms with Crippen LogP contribution >= 0.6 is 0 Å². The van der Waals surface area contributed by atoms with Gasteiger partial charge in [0.25, 0.3) is 5.91 Å². The number of carbonyl (C=O) groups is 2. The fourth-order valence-corrected chi connectivity index (χ4v) is 4.04. The van der Waals surface area contributed by atoms with Crippen molar-refractivity contribution in [1.82, 2.24) is 19.7 Å². The van der Waals surface area contributed by atoms with Gasteiger partial charge in [0.2, 0.25) is 11.8 Å². The van der Waals surface area contributed by atoms with Crippen LogP contribution in [0, 0.1) is 17.8 Å². The van der Waals surface area contributed by atoms with Crippen LogP contribution in [0.4, 0.5) is 0 Å². The predicted octanol–water partition coefficient (Wildman–Crippen LogP) is 1.73. The Bertz CT molecular complexity index is 1170. The molecule has 2 aromatic rings. The van der Waals surface area contributed by atoms with Crippen LogP contribution < -0.4 is 9.47 Å². The lowest BCUT2D eigenvalue weighted by molar-refractivity contribution is -0.132. The van der Waals surface area contributed by atoms with Gasteiger partial charge in [-0.25, -0.2) is 4.98 Å². The maximum absolute atomic E-state index is 13.6. The molecule has 0 bridgehead atoms. The monoisotopic (exact) mass is 508 g/mol. The van der Waals surface area contributed by atoms with E-state index < -0.39 is 12.1 Å². The third-order valence-corrected chi connectivity index (χ3v) is 6.30. The minimum Gasteiger partial charge on any atom is -0.495 e. The van der Waals surface area contributed by atoms with Crippen LogP contribution in [0.2, 0.25) is 0 Å². The molecule has 9 heteroatoms. The molecule has 1 aromatic carbocycles. The average molecular weight is 509 g/mol. The third-order valence-electron chi connectivity index (χ3n) is 6.30. The number of amides is 2. The molecule has 2 amide bonds. The molecule has 1 aliphatic heterocycles. The van der Waals surface area contributed by atoms with Crippen LogP contribution in [0.25, 0.3) is 0 Å². The summed E-state index contributed by atoms with van der Waals surface area (Å²) in [4.78, 5) is 35.7. The second kappa shape index (κ2) is 12.6. The standard InChI is InChI=1S/C28H36N4O5/c1-19-15-32(20(2)18-33)28(35)23-13-21(11-12-22-9-7-8-10-24(22)36-6)14-29-27(23)37-25(19)16-31(5)26(34)17-30(3)4/h7-10,13-14,19-20,25,33H,15-18H2,1-6H3/t19-,20+,25-/m1/s1. The molecule has 9 nitrogen and oxygen atoms in total. The number of ether oxygens (including phenoxy) is 2. The van der Waals surface area contributed by atoms with E-state index in [4.69, 9.17) is 9.47 Å². The Labute approximate surface area is 219 Å². The molecule has 0 saturated carbocycles. The van der Waals surface area contributed by atoms with E-state index >= 15 is 0 Å². The van der Waals surface area contributed by atoms with Gasteiger partial charge >= 0.3 is 0 Å². The van der Waals surface area contributed by atoms with Gasteiger partial charge in [-0.15, -0.1) is 0 Å². The summed E-state index contributed by atoms with van der Waals surface area (Å²) in [6.07, 6.45) is 1.16. The molecule has 0 aliphatic carbocycles. The number of nitrogens with zero attached hydrogens (tertiary/aromatic N) is 4. The largest absolute Gasteiger partial charge is 0.495 e. The Balaban J connectivity index is 1.97. The number of aliphatic hydroxyl groups excluding tert-OH is 1. The highest BCUT2D eigenvalue weighted by molar-refractivity contribution is 5.97. The second-order valence-corrected chi connectivity index (χ2v) is 9.66. The van der Waals surface area contributed by atoms with Crippen LogP contribution in [0.1, 0.15) is 35.3 Å². The van der Waals surface area contributed by atoms with E-state index in [1.807, 2.05) is 50.2 Å². The molecule has 3 atom stereocenters. The Morgan fingerprint density at radius 3 is 2.70 bits per heavy atom. The number of likely N-dealkylation sites (N-methyl/N-ethyl adjacent to an activating group) is 2. The summed E-state index contributed by atoms with van der Waals surface area (Å²) in [6.45, 7) is 4.57. The molecular formula is C28H36N4O5. The molecular weight excluding hydrogens is 472 g/mol. The fourth-order valence-electron chi connectivity index (χ4n) is 4.04. The minimum absolute atomic E-state index is 0.0327.